The van der Waals surface area contributed by atoms with Gasteiger partial charge in [-0.25, -0.2) is 0 Å². The smallest absolute Gasteiger partial charge is 0.326 e. The lowest BCUT2D eigenvalue weighted by Crippen LogP contribution is -2.31. The molecular formula is C22H19N3O5. The Labute approximate surface area is 171 Å². The number of aryl methyl sites for hydroxylation is 1. The third kappa shape index (κ3) is 3.67. The summed E-state index contributed by atoms with van der Waals surface area (Å²) in [6, 6.07) is 15.7. The summed E-state index contributed by atoms with van der Waals surface area (Å²) < 4.78 is 11.9. The highest BCUT2D eigenvalue weighted by atomic mass is 16.5. The number of para-hydroxylation sites is 2. The van der Waals surface area contributed by atoms with Crippen LogP contribution in [0.15, 0.2) is 63.9 Å². The van der Waals surface area contributed by atoms with Crippen LogP contribution in [-0.2, 0) is 20.9 Å². The molecule has 1 atom stereocenters. The fourth-order valence-corrected chi connectivity index (χ4v) is 3.32. The molecule has 1 unspecified atom stereocenters. The first-order valence-electron chi connectivity index (χ1n) is 9.38. The molecule has 30 heavy (non-hydrogen) atoms. The van der Waals surface area contributed by atoms with Crippen molar-refractivity contribution in [3.8, 4) is 0 Å². The molecule has 8 nitrogen and oxygen atoms in total. The van der Waals surface area contributed by atoms with Crippen LogP contribution in [0.4, 0.5) is 5.82 Å². The first kappa shape index (κ1) is 19.4. The van der Waals surface area contributed by atoms with Crippen LogP contribution in [0.3, 0.4) is 0 Å². The maximum absolute atomic E-state index is 12.8. The molecule has 4 rings (SSSR count). The van der Waals surface area contributed by atoms with E-state index in [1.807, 2.05) is 0 Å². The summed E-state index contributed by atoms with van der Waals surface area (Å²) in [7, 11) is 0. The van der Waals surface area contributed by atoms with Crippen molar-refractivity contribution in [2.75, 3.05) is 5.32 Å². The fraction of sp³-hybridized carbons (Fsp3) is 0.182. The Morgan fingerprint density at radius 3 is 2.27 bits per heavy atom. The van der Waals surface area contributed by atoms with E-state index in [0.29, 0.717) is 27.6 Å². The average Bonchev–Trinajstić information content (AvgIpc) is 3.15. The highest BCUT2D eigenvalue weighted by Crippen LogP contribution is 2.19. The molecule has 152 valence electrons. The van der Waals surface area contributed by atoms with Crippen molar-refractivity contribution < 1.29 is 18.8 Å². The van der Waals surface area contributed by atoms with E-state index in [1.165, 1.54) is 6.92 Å². The van der Waals surface area contributed by atoms with Gasteiger partial charge >= 0.3 is 5.97 Å². The number of esters is 1. The van der Waals surface area contributed by atoms with Gasteiger partial charge in [0.15, 0.2) is 17.4 Å². The number of fused-ring (bicyclic) bond motifs is 2. The number of pyridine rings is 1. The predicted octanol–water partition coefficient (Wildman–Crippen LogP) is 3.02. The van der Waals surface area contributed by atoms with Crippen LogP contribution in [-0.4, -0.2) is 27.7 Å². The molecule has 2 aromatic heterocycles. The summed E-state index contributed by atoms with van der Waals surface area (Å²) >= 11 is 0. The molecule has 0 fully saturated rings. The minimum atomic E-state index is -1.04. The Morgan fingerprint density at radius 1 is 1.10 bits per heavy atom. The molecular weight excluding hydrogens is 386 g/mol. The molecule has 1 N–H and O–H groups in total. The van der Waals surface area contributed by atoms with Gasteiger partial charge in [-0.05, 0) is 38.1 Å². The summed E-state index contributed by atoms with van der Waals surface area (Å²) in [6.45, 7) is 3.02. The molecule has 0 aliphatic carbocycles. The third-order valence-electron chi connectivity index (χ3n) is 4.72. The van der Waals surface area contributed by atoms with E-state index in [0.717, 1.165) is 0 Å². The van der Waals surface area contributed by atoms with Gasteiger partial charge in [-0.1, -0.05) is 29.4 Å². The van der Waals surface area contributed by atoms with Crippen molar-refractivity contribution in [2.24, 2.45) is 0 Å². The van der Waals surface area contributed by atoms with Crippen LogP contribution >= 0.6 is 0 Å². The van der Waals surface area contributed by atoms with Crippen LogP contribution < -0.4 is 10.7 Å². The zero-order valence-corrected chi connectivity index (χ0v) is 16.4. The van der Waals surface area contributed by atoms with Crippen molar-refractivity contribution in [3.05, 3.63) is 70.6 Å². The number of nitrogens with one attached hydrogen (secondary N) is 1. The predicted molar refractivity (Wildman–Crippen MR) is 111 cm³/mol. The molecule has 0 saturated heterocycles. The van der Waals surface area contributed by atoms with E-state index in [4.69, 9.17) is 9.26 Å². The molecule has 0 bridgehead atoms. The lowest BCUT2D eigenvalue weighted by Gasteiger charge is -2.16. The monoisotopic (exact) mass is 405 g/mol. The van der Waals surface area contributed by atoms with E-state index in [1.54, 1.807) is 66.1 Å². The number of amides is 1. The van der Waals surface area contributed by atoms with Crippen molar-refractivity contribution in [1.29, 1.82) is 0 Å². The van der Waals surface area contributed by atoms with Gasteiger partial charge in [0.1, 0.15) is 12.3 Å². The van der Waals surface area contributed by atoms with Gasteiger partial charge in [0.05, 0.1) is 11.0 Å². The highest BCUT2D eigenvalue weighted by molar-refractivity contribution is 5.96. The summed E-state index contributed by atoms with van der Waals surface area (Å²) in [5, 5.41) is 7.23. The van der Waals surface area contributed by atoms with Gasteiger partial charge in [-0.3, -0.25) is 14.4 Å². The Bertz CT molecular complexity index is 1260. The molecule has 4 aromatic rings. The van der Waals surface area contributed by atoms with Gasteiger partial charge in [0.2, 0.25) is 0 Å². The second-order valence-corrected chi connectivity index (χ2v) is 6.89. The molecule has 0 radical (unpaired) electrons. The minimum absolute atomic E-state index is 0.0959. The second kappa shape index (κ2) is 7.82. The van der Waals surface area contributed by atoms with Crippen LogP contribution in [0.1, 0.15) is 12.7 Å². The largest absolute Gasteiger partial charge is 0.451 e. The SMILES string of the molecule is Cc1cc(NC(=O)C(C)OC(=O)Cn2c3ccccc3c(=O)c3ccccc32)no1. The Kier molecular flexibility index (Phi) is 5.05. The molecule has 2 aromatic carbocycles. The zero-order chi connectivity index (χ0) is 21.3. The van der Waals surface area contributed by atoms with Crippen LogP contribution in [0, 0.1) is 6.92 Å². The second-order valence-electron chi connectivity index (χ2n) is 6.89. The van der Waals surface area contributed by atoms with E-state index in [2.05, 4.69) is 10.5 Å². The zero-order valence-electron chi connectivity index (χ0n) is 16.4. The van der Waals surface area contributed by atoms with Crippen molar-refractivity contribution in [3.63, 3.8) is 0 Å². The van der Waals surface area contributed by atoms with Crippen molar-refractivity contribution >= 4 is 39.5 Å². The van der Waals surface area contributed by atoms with E-state index in [9.17, 15) is 14.4 Å². The Morgan fingerprint density at radius 2 is 1.70 bits per heavy atom. The highest BCUT2D eigenvalue weighted by Gasteiger charge is 2.20. The number of carbonyl (C=O) groups is 2. The Hall–Kier alpha value is -3.94. The molecule has 0 spiro atoms. The number of rotatable bonds is 5. The quantitative estimate of drug-likeness (QED) is 0.404. The Balaban J connectivity index is 1.59. The van der Waals surface area contributed by atoms with Gasteiger partial charge in [0.25, 0.3) is 5.91 Å². The number of hydrogen-bond donors (Lipinski definition) is 1. The number of aromatic nitrogens is 2. The molecule has 0 saturated carbocycles. The minimum Gasteiger partial charge on any atom is -0.451 e. The van der Waals surface area contributed by atoms with Crippen LogP contribution in [0.5, 0.6) is 0 Å². The number of ether oxygens (including phenoxy) is 1. The summed E-state index contributed by atoms with van der Waals surface area (Å²) in [6.07, 6.45) is -1.04. The number of hydrogen-bond acceptors (Lipinski definition) is 6. The first-order chi connectivity index (χ1) is 14.4. The molecule has 0 aliphatic rings. The van der Waals surface area contributed by atoms with Gasteiger partial charge in [-0.15, -0.1) is 0 Å². The average molecular weight is 405 g/mol. The van der Waals surface area contributed by atoms with Crippen LogP contribution in [0.25, 0.3) is 21.8 Å². The summed E-state index contributed by atoms with van der Waals surface area (Å²) in [4.78, 5) is 37.7. The third-order valence-corrected chi connectivity index (χ3v) is 4.72. The molecule has 2 heterocycles. The lowest BCUT2D eigenvalue weighted by atomic mass is 10.1. The van der Waals surface area contributed by atoms with E-state index < -0.39 is 18.0 Å². The maximum atomic E-state index is 12.8. The number of nitrogens with zero attached hydrogens (tertiary/aromatic N) is 2. The maximum Gasteiger partial charge on any atom is 0.326 e. The first-order valence-corrected chi connectivity index (χ1v) is 9.38. The van der Waals surface area contributed by atoms with Gasteiger partial charge in [-0.2, -0.15) is 0 Å². The summed E-state index contributed by atoms with van der Waals surface area (Å²) in [5.74, 6) is -0.330. The fourth-order valence-electron chi connectivity index (χ4n) is 3.32. The normalized spacial score (nSPS) is 12.1. The topological polar surface area (TPSA) is 103 Å². The lowest BCUT2D eigenvalue weighted by molar-refractivity contribution is -0.153. The number of carbonyl (C=O) groups excluding carboxylic acids is 2. The molecule has 8 heteroatoms. The van der Waals surface area contributed by atoms with E-state index in [-0.39, 0.29) is 17.8 Å². The van der Waals surface area contributed by atoms with Crippen molar-refractivity contribution in [1.82, 2.24) is 9.72 Å². The number of anilines is 1. The molecule has 0 aliphatic heterocycles. The van der Waals surface area contributed by atoms with Gasteiger partial charge < -0.3 is 19.1 Å². The number of benzene rings is 2. The summed E-state index contributed by atoms with van der Waals surface area (Å²) in [5.41, 5.74) is 1.14. The molecule has 1 amide bonds. The van der Waals surface area contributed by atoms with E-state index >= 15 is 0 Å². The van der Waals surface area contributed by atoms with Gasteiger partial charge in [0, 0.05) is 16.8 Å². The van der Waals surface area contributed by atoms with Crippen molar-refractivity contribution in [2.45, 2.75) is 26.5 Å². The van der Waals surface area contributed by atoms with Crippen LogP contribution in [0.2, 0.25) is 0 Å². The standard InChI is InChI=1S/C22H19N3O5/c1-13-11-19(24-30-13)23-22(28)14(2)29-20(26)12-25-17-9-5-3-7-15(17)21(27)16-8-4-6-10-18(16)25/h3-11,14H,12H2,1-2H3,(H,23,24,28).